The molecule has 0 atom stereocenters. The lowest BCUT2D eigenvalue weighted by Gasteiger charge is -2.13. The number of likely N-dealkylation sites (N-methyl/N-ethyl adjacent to an activating group) is 1. The van der Waals surface area contributed by atoms with Crippen molar-refractivity contribution in [2.75, 3.05) is 26.1 Å². The smallest absolute Gasteiger partial charge is 0.278 e. The second-order valence-electron chi connectivity index (χ2n) is 5.67. The summed E-state index contributed by atoms with van der Waals surface area (Å²) >= 11 is 0. The van der Waals surface area contributed by atoms with Gasteiger partial charge in [0.1, 0.15) is 5.70 Å². The maximum atomic E-state index is 12.7. The van der Waals surface area contributed by atoms with Gasteiger partial charge < -0.3 is 14.8 Å². The molecule has 3 rings (SSSR count). The lowest BCUT2D eigenvalue weighted by atomic mass is 10.0. The van der Waals surface area contributed by atoms with Crippen molar-refractivity contribution in [2.45, 2.75) is 6.92 Å². The summed E-state index contributed by atoms with van der Waals surface area (Å²) in [5.74, 6) is 0.473. The summed E-state index contributed by atoms with van der Waals surface area (Å²) in [5, 5.41) is 3.09. The van der Waals surface area contributed by atoms with Gasteiger partial charge in [-0.25, -0.2) is 0 Å². The fourth-order valence-corrected chi connectivity index (χ4v) is 2.91. The molecule has 2 aromatic carbocycles. The first-order chi connectivity index (χ1) is 12.6. The van der Waals surface area contributed by atoms with Crippen LogP contribution in [0.2, 0.25) is 0 Å². The summed E-state index contributed by atoms with van der Waals surface area (Å²) in [6.45, 7) is 2.09. The molecule has 1 heterocycles. The van der Waals surface area contributed by atoms with Crippen molar-refractivity contribution in [3.8, 4) is 11.5 Å². The van der Waals surface area contributed by atoms with Crippen molar-refractivity contribution < 1.29 is 19.1 Å². The molecule has 0 spiro atoms. The average Bonchev–Trinajstić information content (AvgIpc) is 2.91. The third-order valence-electron chi connectivity index (χ3n) is 4.20. The Morgan fingerprint density at radius 2 is 1.62 bits per heavy atom. The molecular weight excluding hydrogens is 332 g/mol. The molecule has 0 saturated heterocycles. The number of carbonyl (C=O) groups excluding carboxylic acids is 2. The zero-order valence-corrected chi connectivity index (χ0v) is 14.9. The molecule has 0 radical (unpaired) electrons. The molecule has 6 heteroatoms. The zero-order chi connectivity index (χ0) is 18.7. The van der Waals surface area contributed by atoms with Crippen molar-refractivity contribution >= 4 is 23.1 Å². The van der Waals surface area contributed by atoms with Gasteiger partial charge in [0, 0.05) is 18.3 Å². The van der Waals surface area contributed by atoms with Crippen LogP contribution in [0.5, 0.6) is 11.5 Å². The van der Waals surface area contributed by atoms with Crippen molar-refractivity contribution in [3.05, 3.63) is 59.8 Å². The second kappa shape index (κ2) is 7.31. The van der Waals surface area contributed by atoms with E-state index in [0.29, 0.717) is 34.9 Å². The van der Waals surface area contributed by atoms with E-state index in [4.69, 9.17) is 9.47 Å². The Hall–Kier alpha value is -3.28. The van der Waals surface area contributed by atoms with Crippen molar-refractivity contribution in [3.63, 3.8) is 0 Å². The summed E-state index contributed by atoms with van der Waals surface area (Å²) in [7, 11) is 3.10. The normalized spacial score (nSPS) is 14.0. The summed E-state index contributed by atoms with van der Waals surface area (Å²) in [6, 6.07) is 14.4. The summed E-state index contributed by atoms with van der Waals surface area (Å²) < 4.78 is 10.5. The van der Waals surface area contributed by atoms with Gasteiger partial charge in [-0.15, -0.1) is 0 Å². The lowest BCUT2D eigenvalue weighted by Crippen LogP contribution is -2.32. The Morgan fingerprint density at radius 3 is 2.23 bits per heavy atom. The molecule has 0 fully saturated rings. The number of rotatable bonds is 6. The molecule has 1 aliphatic heterocycles. The van der Waals surface area contributed by atoms with Crippen LogP contribution >= 0.6 is 0 Å². The molecule has 1 aliphatic rings. The van der Waals surface area contributed by atoms with Crippen molar-refractivity contribution in [1.82, 2.24) is 4.90 Å². The predicted molar refractivity (Wildman–Crippen MR) is 98.9 cm³/mol. The Labute approximate surface area is 152 Å². The standard InChI is InChI=1S/C20H20N2O4/c1-4-22-19(23)17(13-8-6-5-7-9-13)18(20(22)24)21-14-10-11-15(25-2)16(12-14)26-3/h5-12,21H,4H2,1-3H3. The number of methoxy groups -OCH3 is 2. The van der Waals surface area contributed by atoms with Gasteiger partial charge in [-0.1, -0.05) is 30.3 Å². The van der Waals surface area contributed by atoms with Crippen LogP contribution < -0.4 is 14.8 Å². The van der Waals surface area contributed by atoms with Crippen LogP contribution in [0, 0.1) is 0 Å². The molecule has 0 bridgehead atoms. The van der Waals surface area contributed by atoms with E-state index in [1.807, 2.05) is 30.3 Å². The van der Waals surface area contributed by atoms with E-state index in [1.165, 1.54) is 4.90 Å². The number of nitrogens with one attached hydrogen (secondary N) is 1. The molecule has 0 aromatic heterocycles. The van der Waals surface area contributed by atoms with E-state index in [-0.39, 0.29) is 17.5 Å². The highest BCUT2D eigenvalue weighted by molar-refractivity contribution is 6.36. The van der Waals surface area contributed by atoms with E-state index < -0.39 is 0 Å². The van der Waals surface area contributed by atoms with Crippen LogP contribution in [0.3, 0.4) is 0 Å². The van der Waals surface area contributed by atoms with Crippen LogP contribution in [0.1, 0.15) is 12.5 Å². The highest BCUT2D eigenvalue weighted by Crippen LogP contribution is 2.33. The molecule has 2 amide bonds. The monoisotopic (exact) mass is 352 g/mol. The number of nitrogens with zero attached hydrogens (tertiary/aromatic N) is 1. The van der Waals surface area contributed by atoms with Gasteiger partial charge in [-0.3, -0.25) is 14.5 Å². The third kappa shape index (κ3) is 3.01. The number of hydrogen-bond acceptors (Lipinski definition) is 5. The van der Waals surface area contributed by atoms with E-state index in [2.05, 4.69) is 5.32 Å². The highest BCUT2D eigenvalue weighted by atomic mass is 16.5. The summed E-state index contributed by atoms with van der Waals surface area (Å²) in [5.41, 5.74) is 1.96. The van der Waals surface area contributed by atoms with Gasteiger partial charge in [0.15, 0.2) is 11.5 Å². The van der Waals surface area contributed by atoms with E-state index in [1.54, 1.807) is 39.3 Å². The van der Waals surface area contributed by atoms with Gasteiger partial charge >= 0.3 is 0 Å². The average molecular weight is 352 g/mol. The fraction of sp³-hybridized carbons (Fsp3) is 0.200. The molecule has 1 N–H and O–H groups in total. The lowest BCUT2D eigenvalue weighted by molar-refractivity contribution is -0.136. The fourth-order valence-electron chi connectivity index (χ4n) is 2.91. The minimum atomic E-state index is -0.342. The van der Waals surface area contributed by atoms with Crippen molar-refractivity contribution in [1.29, 1.82) is 0 Å². The highest BCUT2D eigenvalue weighted by Gasteiger charge is 2.38. The van der Waals surface area contributed by atoms with Crippen LogP contribution in [0.15, 0.2) is 54.2 Å². The topological polar surface area (TPSA) is 67.9 Å². The number of anilines is 1. The minimum Gasteiger partial charge on any atom is -0.493 e. The third-order valence-corrected chi connectivity index (χ3v) is 4.20. The predicted octanol–water partition coefficient (Wildman–Crippen LogP) is 2.92. The second-order valence-corrected chi connectivity index (χ2v) is 5.67. The van der Waals surface area contributed by atoms with Crippen molar-refractivity contribution in [2.24, 2.45) is 0 Å². The summed E-state index contributed by atoms with van der Waals surface area (Å²) in [6.07, 6.45) is 0. The van der Waals surface area contributed by atoms with Gasteiger partial charge in [-0.2, -0.15) is 0 Å². The molecule has 2 aromatic rings. The Balaban J connectivity index is 2.06. The number of benzene rings is 2. The Morgan fingerprint density at radius 1 is 0.923 bits per heavy atom. The molecule has 0 saturated carbocycles. The first-order valence-corrected chi connectivity index (χ1v) is 8.25. The van der Waals surface area contributed by atoms with E-state index in [0.717, 1.165) is 0 Å². The quantitative estimate of drug-likeness (QED) is 0.810. The SMILES string of the molecule is CCN1C(=O)C(Nc2ccc(OC)c(OC)c2)=C(c2ccccc2)C1=O. The van der Waals surface area contributed by atoms with Gasteiger partial charge in [-0.05, 0) is 24.6 Å². The number of ether oxygens (including phenoxy) is 2. The van der Waals surface area contributed by atoms with Gasteiger partial charge in [0.05, 0.1) is 19.8 Å². The summed E-state index contributed by atoms with van der Waals surface area (Å²) in [4.78, 5) is 26.7. The molecule has 0 unspecified atom stereocenters. The molecule has 6 nitrogen and oxygen atoms in total. The Bertz CT molecular complexity index is 875. The van der Waals surface area contributed by atoms with E-state index >= 15 is 0 Å². The molecule has 134 valence electrons. The number of carbonyl (C=O) groups is 2. The van der Waals surface area contributed by atoms with Gasteiger partial charge in [0.2, 0.25) is 0 Å². The van der Waals surface area contributed by atoms with Gasteiger partial charge in [0.25, 0.3) is 11.8 Å². The number of hydrogen-bond donors (Lipinski definition) is 1. The van der Waals surface area contributed by atoms with Crippen LogP contribution in [-0.4, -0.2) is 37.5 Å². The van der Waals surface area contributed by atoms with Crippen LogP contribution in [-0.2, 0) is 9.59 Å². The molecule has 0 aliphatic carbocycles. The molecular formula is C20H20N2O4. The zero-order valence-electron chi connectivity index (χ0n) is 14.9. The number of amides is 2. The van der Waals surface area contributed by atoms with Crippen LogP contribution in [0.4, 0.5) is 5.69 Å². The Kier molecular flexibility index (Phi) is 4.93. The number of imide groups is 1. The van der Waals surface area contributed by atoms with Crippen LogP contribution in [0.25, 0.3) is 5.57 Å². The maximum Gasteiger partial charge on any atom is 0.278 e. The van der Waals surface area contributed by atoms with E-state index in [9.17, 15) is 9.59 Å². The first kappa shape index (κ1) is 17.5. The first-order valence-electron chi connectivity index (χ1n) is 8.25. The molecule has 26 heavy (non-hydrogen) atoms. The largest absolute Gasteiger partial charge is 0.493 e. The minimum absolute atomic E-state index is 0.260. The maximum absolute atomic E-state index is 12.7.